The van der Waals surface area contributed by atoms with Crippen LogP contribution in [0.1, 0.15) is 17.4 Å². The third kappa shape index (κ3) is 4.12. The summed E-state index contributed by atoms with van der Waals surface area (Å²) in [4.78, 5) is 6.69. The van der Waals surface area contributed by atoms with Crippen molar-refractivity contribution in [3.63, 3.8) is 0 Å². The third-order valence-electron chi connectivity index (χ3n) is 4.30. The van der Waals surface area contributed by atoms with Gasteiger partial charge in [0, 0.05) is 37.6 Å². The fraction of sp³-hybridized carbons (Fsp3) is 0.471. The Morgan fingerprint density at radius 1 is 1.35 bits per heavy atom. The zero-order chi connectivity index (χ0) is 16.2. The van der Waals surface area contributed by atoms with E-state index in [4.69, 9.17) is 16.3 Å². The summed E-state index contributed by atoms with van der Waals surface area (Å²) in [6, 6.07) is 8.09. The van der Waals surface area contributed by atoms with Crippen molar-refractivity contribution in [3.05, 3.63) is 53.1 Å². The van der Waals surface area contributed by atoms with Crippen LogP contribution in [-0.2, 0) is 18.3 Å². The lowest BCUT2D eigenvalue weighted by Gasteiger charge is -2.36. The second kappa shape index (κ2) is 7.45. The molecule has 0 radical (unpaired) electrons. The fourth-order valence-electron chi connectivity index (χ4n) is 2.91. The minimum Gasteiger partial charge on any atom is -0.374 e. The number of nitrogens with zero attached hydrogens (tertiary/aromatic N) is 3. The van der Waals surface area contributed by atoms with Gasteiger partial charge in [-0.3, -0.25) is 0 Å². The molecule has 1 N–H and O–H groups in total. The maximum absolute atomic E-state index is 6.03. The molecule has 0 spiro atoms. The molecule has 2 aromatic rings. The lowest BCUT2D eigenvalue weighted by atomic mass is 10.00. The molecule has 1 saturated heterocycles. The maximum Gasteiger partial charge on any atom is 0.122 e. The van der Waals surface area contributed by atoms with Gasteiger partial charge in [-0.15, -0.1) is 0 Å². The Bertz CT molecular complexity index is 628. The quantitative estimate of drug-likeness (QED) is 0.910. The molecule has 0 bridgehead atoms. The molecular weight excluding hydrogens is 312 g/mol. The molecule has 2 atom stereocenters. The summed E-state index contributed by atoms with van der Waals surface area (Å²) >= 11 is 6.03. The molecule has 1 aliphatic rings. The van der Waals surface area contributed by atoms with E-state index in [9.17, 15) is 0 Å². The van der Waals surface area contributed by atoms with Crippen LogP contribution in [0.2, 0.25) is 5.02 Å². The zero-order valence-corrected chi connectivity index (χ0v) is 14.3. The van der Waals surface area contributed by atoms with E-state index >= 15 is 0 Å². The van der Waals surface area contributed by atoms with Gasteiger partial charge in [0.2, 0.25) is 0 Å². The number of imidazole rings is 1. The summed E-state index contributed by atoms with van der Waals surface area (Å²) < 4.78 is 8.06. The van der Waals surface area contributed by atoms with Crippen LogP contribution in [0.15, 0.2) is 36.7 Å². The van der Waals surface area contributed by atoms with Crippen molar-refractivity contribution >= 4 is 11.6 Å². The molecule has 23 heavy (non-hydrogen) atoms. The van der Waals surface area contributed by atoms with Gasteiger partial charge in [-0.2, -0.15) is 0 Å². The third-order valence-corrected chi connectivity index (χ3v) is 4.55. The Labute approximate surface area is 142 Å². The average Bonchev–Trinajstić information content (AvgIpc) is 2.95. The molecule has 5 nitrogen and oxygen atoms in total. The molecule has 1 fully saturated rings. The predicted octanol–water partition coefficient (Wildman–Crippen LogP) is 2.23. The number of hydrogen-bond acceptors (Lipinski definition) is 4. The van der Waals surface area contributed by atoms with Gasteiger partial charge in [-0.05, 0) is 24.7 Å². The van der Waals surface area contributed by atoms with E-state index in [0.29, 0.717) is 6.54 Å². The number of ether oxygens (including phenoxy) is 1. The number of likely N-dealkylation sites (N-methyl/N-ethyl adjacent to an activating group) is 1. The van der Waals surface area contributed by atoms with Gasteiger partial charge in [0.25, 0.3) is 0 Å². The number of halogens is 1. The highest BCUT2D eigenvalue weighted by molar-refractivity contribution is 6.30. The number of nitrogens with one attached hydrogen (secondary N) is 1. The Morgan fingerprint density at radius 2 is 2.13 bits per heavy atom. The van der Waals surface area contributed by atoms with Crippen molar-refractivity contribution in [1.29, 1.82) is 0 Å². The van der Waals surface area contributed by atoms with E-state index in [2.05, 4.69) is 34.4 Å². The smallest absolute Gasteiger partial charge is 0.122 e. The van der Waals surface area contributed by atoms with Gasteiger partial charge < -0.3 is 19.5 Å². The molecule has 0 saturated carbocycles. The van der Waals surface area contributed by atoms with Crippen LogP contribution >= 0.6 is 11.6 Å². The van der Waals surface area contributed by atoms with Gasteiger partial charge in [-0.25, -0.2) is 4.98 Å². The van der Waals surface area contributed by atoms with Crippen molar-refractivity contribution in [2.45, 2.75) is 18.7 Å². The molecule has 124 valence electrons. The van der Waals surface area contributed by atoms with Crippen LogP contribution in [0.25, 0.3) is 0 Å². The molecule has 3 rings (SSSR count). The van der Waals surface area contributed by atoms with Crippen LogP contribution in [0.3, 0.4) is 0 Å². The second-order valence-electron chi connectivity index (χ2n) is 6.04. The van der Waals surface area contributed by atoms with Gasteiger partial charge >= 0.3 is 0 Å². The number of morpholine rings is 1. The van der Waals surface area contributed by atoms with Crippen LogP contribution in [0, 0.1) is 0 Å². The van der Waals surface area contributed by atoms with E-state index in [-0.39, 0.29) is 12.1 Å². The van der Waals surface area contributed by atoms with E-state index in [0.717, 1.165) is 30.5 Å². The Hall–Kier alpha value is -1.40. The first-order valence-corrected chi connectivity index (χ1v) is 8.26. The van der Waals surface area contributed by atoms with E-state index in [1.165, 1.54) is 5.56 Å². The highest BCUT2D eigenvalue weighted by atomic mass is 35.5. The maximum atomic E-state index is 6.03. The van der Waals surface area contributed by atoms with E-state index < -0.39 is 0 Å². The van der Waals surface area contributed by atoms with Gasteiger partial charge in [0.05, 0.1) is 25.3 Å². The highest BCUT2D eigenvalue weighted by Crippen LogP contribution is 2.24. The number of rotatable bonds is 5. The summed E-state index contributed by atoms with van der Waals surface area (Å²) in [5, 5.41) is 4.36. The lowest BCUT2D eigenvalue weighted by Crippen LogP contribution is -2.46. The lowest BCUT2D eigenvalue weighted by molar-refractivity contribution is -0.0397. The summed E-state index contributed by atoms with van der Waals surface area (Å²) in [5.74, 6) is 1.01. The molecule has 1 aromatic heterocycles. The molecule has 1 aliphatic heterocycles. The number of hydrogen-bond donors (Lipinski definition) is 1. The van der Waals surface area contributed by atoms with Crippen LogP contribution < -0.4 is 5.32 Å². The van der Waals surface area contributed by atoms with Crippen molar-refractivity contribution in [2.24, 2.45) is 7.05 Å². The summed E-state index contributed by atoms with van der Waals surface area (Å²) in [6.45, 7) is 3.33. The number of benzene rings is 1. The van der Waals surface area contributed by atoms with E-state index in [1.54, 1.807) is 0 Å². The van der Waals surface area contributed by atoms with Gasteiger partial charge in [0.15, 0.2) is 0 Å². The Kier molecular flexibility index (Phi) is 5.33. The molecule has 0 unspecified atom stereocenters. The number of aromatic nitrogens is 2. The Morgan fingerprint density at radius 3 is 2.78 bits per heavy atom. The first kappa shape index (κ1) is 16.5. The monoisotopic (exact) mass is 334 g/mol. The minimum absolute atomic E-state index is 0.103. The zero-order valence-electron chi connectivity index (χ0n) is 13.6. The summed E-state index contributed by atoms with van der Waals surface area (Å²) in [6.07, 6.45) is 3.88. The number of aryl methyl sites for hydroxylation is 1. The second-order valence-corrected chi connectivity index (χ2v) is 6.47. The van der Waals surface area contributed by atoms with E-state index in [1.807, 2.05) is 36.1 Å². The predicted molar refractivity (Wildman–Crippen MR) is 91.5 cm³/mol. The van der Waals surface area contributed by atoms with Crippen molar-refractivity contribution in [2.75, 3.05) is 26.7 Å². The SMILES string of the molecule is CN1CCO[C@H]([C@H](NCc2nccn2C)c2ccc(Cl)cc2)C1. The molecular formula is C17H23ClN4O. The van der Waals surface area contributed by atoms with Crippen molar-refractivity contribution in [3.8, 4) is 0 Å². The standard InChI is InChI=1S/C17H23ClN4O/c1-21-9-10-23-15(12-21)17(13-3-5-14(18)6-4-13)20-11-16-19-7-8-22(16)2/h3-8,15,17,20H,9-12H2,1-2H3/t15-,17+/m0/s1. The van der Waals surface area contributed by atoms with Crippen LogP contribution in [0.4, 0.5) is 0 Å². The normalized spacial score (nSPS) is 20.6. The topological polar surface area (TPSA) is 42.3 Å². The van der Waals surface area contributed by atoms with Gasteiger partial charge in [0.1, 0.15) is 5.82 Å². The van der Waals surface area contributed by atoms with Crippen LogP contribution in [-0.4, -0.2) is 47.3 Å². The first-order chi connectivity index (χ1) is 11.1. The fourth-order valence-corrected chi connectivity index (χ4v) is 3.04. The van der Waals surface area contributed by atoms with Crippen LogP contribution in [0.5, 0.6) is 0 Å². The molecule has 1 aromatic carbocycles. The largest absolute Gasteiger partial charge is 0.374 e. The van der Waals surface area contributed by atoms with Crippen molar-refractivity contribution in [1.82, 2.24) is 19.8 Å². The summed E-state index contributed by atoms with van der Waals surface area (Å²) in [5.41, 5.74) is 1.18. The highest BCUT2D eigenvalue weighted by Gasteiger charge is 2.28. The molecule has 0 amide bonds. The summed E-state index contributed by atoms with van der Waals surface area (Å²) in [7, 11) is 4.14. The Balaban J connectivity index is 1.77. The first-order valence-electron chi connectivity index (χ1n) is 7.88. The molecule has 6 heteroatoms. The van der Waals surface area contributed by atoms with Gasteiger partial charge in [-0.1, -0.05) is 23.7 Å². The van der Waals surface area contributed by atoms with Crippen molar-refractivity contribution < 1.29 is 4.74 Å². The molecule has 2 heterocycles. The average molecular weight is 335 g/mol. The molecule has 0 aliphatic carbocycles. The minimum atomic E-state index is 0.103.